The van der Waals surface area contributed by atoms with Gasteiger partial charge in [-0.1, -0.05) is 19.9 Å². The van der Waals surface area contributed by atoms with Crippen LogP contribution in [-0.2, 0) is 0 Å². The van der Waals surface area contributed by atoms with Gasteiger partial charge in [0.25, 0.3) is 5.89 Å². The summed E-state index contributed by atoms with van der Waals surface area (Å²) >= 11 is 0. The van der Waals surface area contributed by atoms with E-state index in [4.69, 9.17) is 4.42 Å². The largest absolute Gasteiger partial charge is 0.419 e. The SMILES string of the molecule is CCCNC(CC)c1nnc(-c2cccc(F)c2F)o1. The van der Waals surface area contributed by atoms with Crippen LogP contribution >= 0.6 is 0 Å². The smallest absolute Gasteiger partial charge is 0.250 e. The third-order valence-corrected chi connectivity index (χ3v) is 2.97. The predicted molar refractivity (Wildman–Crippen MR) is 71.0 cm³/mol. The Balaban J connectivity index is 2.26. The van der Waals surface area contributed by atoms with Gasteiger partial charge in [0, 0.05) is 0 Å². The monoisotopic (exact) mass is 281 g/mol. The minimum Gasteiger partial charge on any atom is -0.419 e. The molecule has 0 aliphatic rings. The highest BCUT2D eigenvalue weighted by Crippen LogP contribution is 2.25. The van der Waals surface area contributed by atoms with Crippen LogP contribution in [0.15, 0.2) is 22.6 Å². The highest BCUT2D eigenvalue weighted by Gasteiger charge is 2.19. The molecule has 20 heavy (non-hydrogen) atoms. The third kappa shape index (κ3) is 3.01. The Bertz CT molecular complexity index is 571. The maximum absolute atomic E-state index is 13.7. The second-order valence-electron chi connectivity index (χ2n) is 4.46. The van der Waals surface area contributed by atoms with Crippen LogP contribution in [0.2, 0.25) is 0 Å². The first-order valence-corrected chi connectivity index (χ1v) is 6.68. The van der Waals surface area contributed by atoms with Gasteiger partial charge < -0.3 is 9.73 Å². The molecule has 1 atom stereocenters. The zero-order valence-corrected chi connectivity index (χ0v) is 11.5. The van der Waals surface area contributed by atoms with Crippen molar-refractivity contribution in [3.63, 3.8) is 0 Å². The van der Waals surface area contributed by atoms with Crippen molar-refractivity contribution in [3.8, 4) is 11.5 Å². The molecule has 0 radical (unpaired) electrons. The molecule has 0 aliphatic heterocycles. The van der Waals surface area contributed by atoms with Crippen molar-refractivity contribution in [2.45, 2.75) is 32.7 Å². The van der Waals surface area contributed by atoms with Crippen molar-refractivity contribution < 1.29 is 13.2 Å². The highest BCUT2D eigenvalue weighted by molar-refractivity contribution is 5.53. The molecule has 2 rings (SSSR count). The summed E-state index contributed by atoms with van der Waals surface area (Å²) in [6.45, 7) is 4.87. The highest BCUT2D eigenvalue weighted by atomic mass is 19.2. The third-order valence-electron chi connectivity index (χ3n) is 2.97. The van der Waals surface area contributed by atoms with Crippen LogP contribution in [0, 0.1) is 11.6 Å². The van der Waals surface area contributed by atoms with Gasteiger partial charge in [-0.15, -0.1) is 10.2 Å². The Kier molecular flexibility index (Phi) is 4.79. The molecule has 0 saturated carbocycles. The number of nitrogens with one attached hydrogen (secondary N) is 1. The summed E-state index contributed by atoms with van der Waals surface area (Å²) in [5.74, 6) is -1.52. The van der Waals surface area contributed by atoms with E-state index in [1.54, 1.807) is 0 Å². The standard InChI is InChI=1S/C14H17F2N3O/c1-3-8-17-11(4-2)14-19-18-13(20-14)9-6-5-7-10(15)12(9)16/h5-7,11,17H,3-4,8H2,1-2H3. The number of rotatable bonds is 6. The van der Waals surface area contributed by atoms with Gasteiger partial charge in [0.1, 0.15) is 0 Å². The normalized spacial score (nSPS) is 12.6. The lowest BCUT2D eigenvalue weighted by atomic mass is 10.2. The summed E-state index contributed by atoms with van der Waals surface area (Å²) in [5.41, 5.74) is -0.0194. The minimum atomic E-state index is -0.975. The van der Waals surface area contributed by atoms with Gasteiger partial charge in [0.15, 0.2) is 11.6 Å². The quantitative estimate of drug-likeness (QED) is 0.881. The number of hydrogen-bond acceptors (Lipinski definition) is 4. The van der Waals surface area contributed by atoms with E-state index >= 15 is 0 Å². The maximum Gasteiger partial charge on any atom is 0.250 e. The topological polar surface area (TPSA) is 51.0 Å². The summed E-state index contributed by atoms with van der Waals surface area (Å²) in [6, 6.07) is 3.79. The van der Waals surface area contributed by atoms with Gasteiger partial charge in [-0.05, 0) is 31.5 Å². The van der Waals surface area contributed by atoms with E-state index in [9.17, 15) is 8.78 Å². The number of hydrogen-bond donors (Lipinski definition) is 1. The van der Waals surface area contributed by atoms with Crippen LogP contribution in [0.1, 0.15) is 38.6 Å². The van der Waals surface area contributed by atoms with Gasteiger partial charge in [0.05, 0.1) is 11.6 Å². The van der Waals surface area contributed by atoms with Crippen LogP contribution in [-0.4, -0.2) is 16.7 Å². The molecule has 0 aliphatic carbocycles. The molecule has 2 aromatic rings. The van der Waals surface area contributed by atoms with E-state index < -0.39 is 11.6 Å². The van der Waals surface area contributed by atoms with Crippen molar-refractivity contribution in [3.05, 3.63) is 35.7 Å². The van der Waals surface area contributed by atoms with Gasteiger partial charge in [-0.2, -0.15) is 0 Å². The van der Waals surface area contributed by atoms with Crippen LogP contribution < -0.4 is 5.32 Å². The van der Waals surface area contributed by atoms with Crippen LogP contribution in [0.3, 0.4) is 0 Å². The Morgan fingerprint density at radius 2 is 2.05 bits per heavy atom. The molecule has 0 amide bonds. The Morgan fingerprint density at radius 3 is 2.75 bits per heavy atom. The zero-order valence-electron chi connectivity index (χ0n) is 11.5. The molecule has 4 nitrogen and oxygen atoms in total. The van der Waals surface area contributed by atoms with Crippen molar-refractivity contribution in [1.82, 2.24) is 15.5 Å². The van der Waals surface area contributed by atoms with Crippen LogP contribution in [0.25, 0.3) is 11.5 Å². The Hall–Kier alpha value is -1.82. The lowest BCUT2D eigenvalue weighted by Crippen LogP contribution is -2.21. The van der Waals surface area contributed by atoms with E-state index in [2.05, 4.69) is 22.4 Å². The molecule has 0 bridgehead atoms. The lowest BCUT2D eigenvalue weighted by Gasteiger charge is -2.11. The Labute approximate surface area is 116 Å². The number of halogens is 2. The number of nitrogens with zero attached hydrogens (tertiary/aromatic N) is 2. The average Bonchev–Trinajstić information content (AvgIpc) is 2.92. The average molecular weight is 281 g/mol. The van der Waals surface area contributed by atoms with Crippen molar-refractivity contribution in [1.29, 1.82) is 0 Å². The summed E-state index contributed by atoms with van der Waals surface area (Å²) < 4.78 is 32.3. The van der Waals surface area contributed by atoms with E-state index in [0.29, 0.717) is 5.89 Å². The van der Waals surface area contributed by atoms with Gasteiger partial charge in [0.2, 0.25) is 5.89 Å². The van der Waals surface area contributed by atoms with E-state index in [0.717, 1.165) is 25.5 Å². The first kappa shape index (κ1) is 14.6. The second-order valence-corrected chi connectivity index (χ2v) is 4.46. The number of aromatic nitrogens is 2. The minimum absolute atomic E-state index is 0.00579. The molecule has 0 saturated heterocycles. The van der Waals surface area contributed by atoms with Crippen molar-refractivity contribution >= 4 is 0 Å². The molecule has 1 unspecified atom stereocenters. The summed E-state index contributed by atoms with van der Waals surface area (Å²) in [4.78, 5) is 0. The molecule has 0 spiro atoms. The maximum atomic E-state index is 13.7. The fraction of sp³-hybridized carbons (Fsp3) is 0.429. The molecular formula is C14H17F2N3O. The first-order valence-electron chi connectivity index (χ1n) is 6.68. The summed E-state index contributed by atoms with van der Waals surface area (Å²) in [6.07, 6.45) is 1.75. The van der Waals surface area contributed by atoms with E-state index in [1.807, 2.05) is 6.92 Å². The molecular weight excluding hydrogens is 264 g/mol. The van der Waals surface area contributed by atoms with Gasteiger partial charge in [-0.25, -0.2) is 8.78 Å². The number of benzene rings is 1. The lowest BCUT2D eigenvalue weighted by molar-refractivity contribution is 0.395. The first-order chi connectivity index (χ1) is 9.67. The Morgan fingerprint density at radius 1 is 1.25 bits per heavy atom. The molecule has 1 heterocycles. The van der Waals surface area contributed by atoms with Crippen molar-refractivity contribution in [2.24, 2.45) is 0 Å². The fourth-order valence-electron chi connectivity index (χ4n) is 1.88. The van der Waals surface area contributed by atoms with Crippen LogP contribution in [0.4, 0.5) is 8.78 Å². The fourth-order valence-corrected chi connectivity index (χ4v) is 1.88. The van der Waals surface area contributed by atoms with E-state index in [1.165, 1.54) is 12.1 Å². The van der Waals surface area contributed by atoms with Gasteiger partial charge in [-0.3, -0.25) is 0 Å². The van der Waals surface area contributed by atoms with Crippen molar-refractivity contribution in [2.75, 3.05) is 6.54 Å². The second kappa shape index (κ2) is 6.56. The van der Waals surface area contributed by atoms with Crippen LogP contribution in [0.5, 0.6) is 0 Å². The molecule has 108 valence electrons. The molecule has 6 heteroatoms. The molecule has 0 fully saturated rings. The molecule has 1 aromatic heterocycles. The van der Waals surface area contributed by atoms with Gasteiger partial charge >= 0.3 is 0 Å². The molecule has 1 N–H and O–H groups in total. The predicted octanol–water partition coefficient (Wildman–Crippen LogP) is 3.47. The summed E-state index contributed by atoms with van der Waals surface area (Å²) in [7, 11) is 0. The summed E-state index contributed by atoms with van der Waals surface area (Å²) in [5, 5.41) is 11.0. The molecule has 1 aromatic carbocycles. The van der Waals surface area contributed by atoms with E-state index in [-0.39, 0.29) is 17.5 Å². The zero-order chi connectivity index (χ0) is 14.5.